The number of hydrogen-bond donors (Lipinski definition) is 3. The molecule has 6 heteroatoms. The lowest BCUT2D eigenvalue weighted by atomic mass is 10.2. The van der Waals surface area contributed by atoms with Crippen LogP contribution in [0.1, 0.15) is 10.4 Å². The smallest absolute Gasteiger partial charge is 0.252 e. The number of aliphatic hydroxyl groups excluding tert-OH is 1. The number of aliphatic hydroxyl groups is 1. The number of nitrogens with two attached hydrogens (primary N) is 1. The molecule has 0 aliphatic rings. The Morgan fingerprint density at radius 1 is 1.47 bits per heavy atom. The van der Waals surface area contributed by atoms with E-state index in [2.05, 4.69) is 5.32 Å². The van der Waals surface area contributed by atoms with Crippen molar-refractivity contribution in [2.24, 2.45) is 0 Å². The second kappa shape index (κ2) is 7.11. The van der Waals surface area contributed by atoms with E-state index in [9.17, 15) is 4.79 Å². The first-order valence-corrected chi connectivity index (χ1v) is 5.54. The highest BCUT2D eigenvalue weighted by molar-refractivity contribution is 6.34. The molecule has 1 rings (SSSR count). The van der Waals surface area contributed by atoms with E-state index in [0.717, 1.165) is 0 Å². The van der Waals surface area contributed by atoms with Crippen LogP contribution in [0.15, 0.2) is 18.2 Å². The maximum absolute atomic E-state index is 11.7. The van der Waals surface area contributed by atoms with Crippen LogP contribution in [0.5, 0.6) is 0 Å². The van der Waals surface area contributed by atoms with Gasteiger partial charge in [-0.25, -0.2) is 0 Å². The molecule has 17 heavy (non-hydrogen) atoms. The molecule has 0 aliphatic carbocycles. The van der Waals surface area contributed by atoms with Gasteiger partial charge in [0.25, 0.3) is 5.91 Å². The van der Waals surface area contributed by atoms with Gasteiger partial charge in [-0.3, -0.25) is 4.79 Å². The minimum absolute atomic E-state index is 0.0300. The second-order valence-corrected chi connectivity index (χ2v) is 3.74. The molecule has 1 aromatic rings. The van der Waals surface area contributed by atoms with Crippen LogP contribution < -0.4 is 11.1 Å². The van der Waals surface area contributed by atoms with Crippen molar-refractivity contribution in [1.29, 1.82) is 0 Å². The highest BCUT2D eigenvalue weighted by Crippen LogP contribution is 2.18. The maximum atomic E-state index is 11.7. The topological polar surface area (TPSA) is 84.6 Å². The number of anilines is 1. The van der Waals surface area contributed by atoms with E-state index < -0.39 is 0 Å². The van der Waals surface area contributed by atoms with Crippen LogP contribution in [0.3, 0.4) is 0 Å². The van der Waals surface area contributed by atoms with Crippen molar-refractivity contribution < 1.29 is 14.6 Å². The molecular weight excluding hydrogens is 244 g/mol. The fourth-order valence-electron chi connectivity index (χ4n) is 1.21. The quantitative estimate of drug-likeness (QED) is 0.517. The highest BCUT2D eigenvalue weighted by Gasteiger charge is 2.09. The van der Waals surface area contributed by atoms with Crippen molar-refractivity contribution in [3.05, 3.63) is 28.8 Å². The van der Waals surface area contributed by atoms with Crippen LogP contribution in [-0.2, 0) is 4.74 Å². The van der Waals surface area contributed by atoms with Gasteiger partial charge in [0.2, 0.25) is 0 Å². The van der Waals surface area contributed by atoms with Crippen LogP contribution in [0.4, 0.5) is 5.69 Å². The Labute approximate surface area is 105 Å². The summed E-state index contributed by atoms with van der Waals surface area (Å²) in [5.41, 5.74) is 6.41. The summed E-state index contributed by atoms with van der Waals surface area (Å²) >= 11 is 5.88. The third-order valence-electron chi connectivity index (χ3n) is 2.01. The van der Waals surface area contributed by atoms with Gasteiger partial charge in [-0.05, 0) is 18.2 Å². The molecule has 1 aromatic carbocycles. The zero-order valence-corrected chi connectivity index (χ0v) is 10.0. The summed E-state index contributed by atoms with van der Waals surface area (Å²) in [5.74, 6) is -0.275. The Morgan fingerprint density at radius 2 is 2.24 bits per heavy atom. The number of carbonyl (C=O) groups excluding carboxylic acids is 1. The molecule has 1 amide bonds. The summed E-state index contributed by atoms with van der Waals surface area (Å²) in [5, 5.41) is 11.4. The van der Waals surface area contributed by atoms with Crippen molar-refractivity contribution >= 4 is 23.2 Å². The molecule has 0 atom stereocenters. The molecule has 94 valence electrons. The summed E-state index contributed by atoms with van der Waals surface area (Å²) in [6.07, 6.45) is 0. The molecule has 0 bridgehead atoms. The molecule has 5 nitrogen and oxygen atoms in total. The number of nitrogen functional groups attached to an aromatic ring is 1. The zero-order valence-electron chi connectivity index (χ0n) is 9.28. The molecule has 0 spiro atoms. The van der Waals surface area contributed by atoms with Crippen molar-refractivity contribution in [2.45, 2.75) is 0 Å². The maximum Gasteiger partial charge on any atom is 0.252 e. The molecule has 0 saturated heterocycles. The number of amides is 1. The van der Waals surface area contributed by atoms with E-state index in [0.29, 0.717) is 29.4 Å². The van der Waals surface area contributed by atoms with Gasteiger partial charge in [-0.1, -0.05) is 11.6 Å². The van der Waals surface area contributed by atoms with Crippen LogP contribution in [-0.4, -0.2) is 37.4 Å². The fraction of sp³-hybridized carbons (Fsp3) is 0.364. The monoisotopic (exact) mass is 258 g/mol. The van der Waals surface area contributed by atoms with Gasteiger partial charge in [0, 0.05) is 12.2 Å². The third kappa shape index (κ3) is 4.60. The van der Waals surface area contributed by atoms with Gasteiger partial charge < -0.3 is 20.9 Å². The van der Waals surface area contributed by atoms with E-state index in [1.54, 1.807) is 12.1 Å². The fourth-order valence-corrected chi connectivity index (χ4v) is 1.49. The van der Waals surface area contributed by atoms with Crippen LogP contribution >= 0.6 is 11.6 Å². The SMILES string of the molecule is Nc1ccc(C(=O)NCCOCCO)c(Cl)c1. The molecule has 0 unspecified atom stereocenters. The molecule has 0 radical (unpaired) electrons. The Morgan fingerprint density at radius 3 is 2.88 bits per heavy atom. The Hall–Kier alpha value is -1.30. The van der Waals surface area contributed by atoms with Crippen LogP contribution in [0, 0.1) is 0 Å². The minimum Gasteiger partial charge on any atom is -0.399 e. The van der Waals surface area contributed by atoms with E-state index in [1.165, 1.54) is 6.07 Å². The number of halogens is 1. The first-order chi connectivity index (χ1) is 8.15. The number of hydrogen-bond acceptors (Lipinski definition) is 4. The van der Waals surface area contributed by atoms with E-state index in [4.69, 9.17) is 27.2 Å². The van der Waals surface area contributed by atoms with Gasteiger partial charge in [0.05, 0.1) is 30.4 Å². The van der Waals surface area contributed by atoms with Gasteiger partial charge in [0.1, 0.15) is 0 Å². The minimum atomic E-state index is -0.275. The summed E-state index contributed by atoms with van der Waals surface area (Å²) < 4.78 is 5.00. The van der Waals surface area contributed by atoms with Crippen molar-refractivity contribution in [3.63, 3.8) is 0 Å². The number of benzene rings is 1. The molecule has 0 saturated carbocycles. The average Bonchev–Trinajstić information content (AvgIpc) is 2.28. The largest absolute Gasteiger partial charge is 0.399 e. The molecule has 0 heterocycles. The standard InChI is InChI=1S/C11H15ClN2O3/c12-10-7-8(13)1-2-9(10)11(16)14-3-5-17-6-4-15/h1-2,7,15H,3-6,13H2,(H,14,16). The number of rotatable bonds is 6. The Kier molecular flexibility index (Phi) is 5.76. The van der Waals surface area contributed by atoms with Crippen LogP contribution in [0.25, 0.3) is 0 Å². The lowest BCUT2D eigenvalue weighted by molar-refractivity contribution is 0.0838. The molecule has 4 N–H and O–H groups in total. The van der Waals surface area contributed by atoms with Crippen molar-refractivity contribution in [1.82, 2.24) is 5.32 Å². The van der Waals surface area contributed by atoms with E-state index >= 15 is 0 Å². The van der Waals surface area contributed by atoms with Gasteiger partial charge in [0.15, 0.2) is 0 Å². The average molecular weight is 259 g/mol. The third-order valence-corrected chi connectivity index (χ3v) is 2.32. The summed E-state index contributed by atoms with van der Waals surface area (Å²) in [6.45, 7) is 0.939. The summed E-state index contributed by atoms with van der Waals surface area (Å²) in [7, 11) is 0. The van der Waals surface area contributed by atoms with Crippen molar-refractivity contribution in [2.75, 3.05) is 32.1 Å². The van der Waals surface area contributed by atoms with Gasteiger partial charge >= 0.3 is 0 Å². The summed E-state index contributed by atoms with van der Waals surface area (Å²) in [4.78, 5) is 11.7. The lowest BCUT2D eigenvalue weighted by Gasteiger charge is -2.07. The number of ether oxygens (including phenoxy) is 1. The Bertz CT molecular complexity index is 385. The Balaban J connectivity index is 2.42. The van der Waals surface area contributed by atoms with Crippen molar-refractivity contribution in [3.8, 4) is 0 Å². The molecule has 0 aliphatic heterocycles. The van der Waals surface area contributed by atoms with E-state index in [-0.39, 0.29) is 19.1 Å². The zero-order chi connectivity index (χ0) is 12.7. The van der Waals surface area contributed by atoms with Gasteiger partial charge in [-0.15, -0.1) is 0 Å². The second-order valence-electron chi connectivity index (χ2n) is 3.33. The number of carbonyl (C=O) groups is 1. The molecular formula is C11H15ClN2O3. The normalized spacial score (nSPS) is 10.2. The first-order valence-electron chi connectivity index (χ1n) is 5.17. The lowest BCUT2D eigenvalue weighted by Crippen LogP contribution is -2.27. The predicted octanol–water partition coefficient (Wildman–Crippen LogP) is 0.661. The van der Waals surface area contributed by atoms with E-state index in [1.807, 2.05) is 0 Å². The first kappa shape index (κ1) is 13.8. The summed E-state index contributed by atoms with van der Waals surface area (Å²) in [6, 6.07) is 4.71. The van der Waals surface area contributed by atoms with Crippen LogP contribution in [0.2, 0.25) is 5.02 Å². The van der Waals surface area contributed by atoms with Gasteiger partial charge in [-0.2, -0.15) is 0 Å². The molecule has 0 fully saturated rings. The predicted molar refractivity (Wildman–Crippen MR) is 66.1 cm³/mol. The highest BCUT2D eigenvalue weighted by atomic mass is 35.5. The number of nitrogens with one attached hydrogen (secondary N) is 1. The molecule has 0 aromatic heterocycles.